The lowest BCUT2D eigenvalue weighted by molar-refractivity contribution is -0.151. The summed E-state index contributed by atoms with van der Waals surface area (Å²) in [5.74, 6) is -0.278. The molecule has 2 N–H and O–H groups in total. The molecule has 0 aliphatic heterocycles. The van der Waals surface area contributed by atoms with Crippen LogP contribution in [0.1, 0.15) is 84.4 Å². The van der Waals surface area contributed by atoms with Crippen LogP contribution < -0.4 is 5.73 Å². The van der Waals surface area contributed by atoms with Gasteiger partial charge in [0, 0.05) is 30.7 Å². The minimum Gasteiger partial charge on any atom is -0.460 e. The van der Waals surface area contributed by atoms with Crippen LogP contribution in [0.15, 0.2) is 41.3 Å². The minimum atomic E-state index is -0.373. The molecule has 2 aromatic heterocycles. The number of nitrogens with two attached hydrogens (primary N) is 1. The van der Waals surface area contributed by atoms with E-state index in [1.807, 2.05) is 69.6 Å². The van der Waals surface area contributed by atoms with E-state index < -0.39 is 0 Å². The Morgan fingerprint density at radius 3 is 2.55 bits per heavy atom. The SMILES string of the molecule is CC(=O)OC(C)(C)C.CCCC(/C=C(\N)C1CC1)=NC(=O)C(C)c1cn2ccc(C)cc2n1. The smallest absolute Gasteiger partial charge is 0.303 e. The first-order valence-corrected chi connectivity index (χ1v) is 11.6. The van der Waals surface area contributed by atoms with E-state index >= 15 is 0 Å². The Bertz CT molecular complexity index is 1040. The molecule has 0 aromatic carbocycles. The molecule has 0 bridgehead atoms. The van der Waals surface area contributed by atoms with Crippen LogP contribution in [0.3, 0.4) is 0 Å². The standard InChI is InChI=1S/C20H26N4O.C6H12O2/c1-4-5-16(11-17(21)15-6-7-15)22-20(25)14(3)18-12-24-9-8-13(2)10-19(24)23-18;1-5(7)8-6(2,3)4/h8-12,14-15H,4-7,21H2,1-3H3;1-4H3/b17-11-,22-16?;. The highest BCUT2D eigenvalue weighted by atomic mass is 16.6. The number of aryl methyl sites for hydroxylation is 1. The molecule has 0 spiro atoms. The number of amides is 1. The zero-order valence-corrected chi connectivity index (χ0v) is 21.0. The molecule has 1 aliphatic carbocycles. The summed E-state index contributed by atoms with van der Waals surface area (Å²) in [6, 6.07) is 4.03. The summed E-state index contributed by atoms with van der Waals surface area (Å²) in [6.07, 6.45) is 9.75. The first-order valence-electron chi connectivity index (χ1n) is 11.6. The number of nitrogens with zero attached hydrogens (tertiary/aromatic N) is 3. The summed E-state index contributed by atoms with van der Waals surface area (Å²) in [5, 5.41) is 0. The lowest BCUT2D eigenvalue weighted by Crippen LogP contribution is -2.21. The lowest BCUT2D eigenvalue weighted by Gasteiger charge is -2.17. The largest absolute Gasteiger partial charge is 0.460 e. The maximum atomic E-state index is 12.6. The summed E-state index contributed by atoms with van der Waals surface area (Å²) < 4.78 is 6.74. The number of aliphatic imine (C=N–C) groups is 1. The fourth-order valence-corrected chi connectivity index (χ4v) is 3.25. The van der Waals surface area contributed by atoms with Gasteiger partial charge in [0.2, 0.25) is 0 Å². The van der Waals surface area contributed by atoms with E-state index in [1.165, 1.54) is 6.92 Å². The van der Waals surface area contributed by atoms with Gasteiger partial charge in [0.15, 0.2) is 0 Å². The molecule has 1 atom stereocenters. The van der Waals surface area contributed by atoms with Crippen molar-refractivity contribution in [3.05, 3.63) is 47.6 Å². The Hall–Kier alpha value is -2.96. The average molecular weight is 455 g/mol. The third-order valence-electron chi connectivity index (χ3n) is 5.04. The van der Waals surface area contributed by atoms with E-state index in [9.17, 15) is 9.59 Å². The van der Waals surface area contributed by atoms with Crippen molar-refractivity contribution in [2.24, 2.45) is 16.6 Å². The summed E-state index contributed by atoms with van der Waals surface area (Å²) in [4.78, 5) is 31.8. The van der Waals surface area contributed by atoms with E-state index in [4.69, 9.17) is 10.5 Å². The van der Waals surface area contributed by atoms with Gasteiger partial charge in [-0.15, -0.1) is 0 Å². The molecule has 1 amide bonds. The number of hydrogen-bond donors (Lipinski definition) is 1. The van der Waals surface area contributed by atoms with Gasteiger partial charge in [-0.1, -0.05) is 13.3 Å². The minimum absolute atomic E-state index is 0.163. The molecule has 7 heteroatoms. The molecule has 3 rings (SSSR count). The predicted molar refractivity (Wildman–Crippen MR) is 132 cm³/mol. The molecule has 2 heterocycles. The van der Waals surface area contributed by atoms with E-state index in [1.54, 1.807) is 0 Å². The predicted octanol–water partition coefficient (Wildman–Crippen LogP) is 5.11. The van der Waals surface area contributed by atoms with Gasteiger partial charge in [-0.3, -0.25) is 9.59 Å². The second kappa shape index (κ2) is 11.3. The number of pyridine rings is 1. The second-order valence-electron chi connectivity index (χ2n) is 9.67. The highest BCUT2D eigenvalue weighted by molar-refractivity contribution is 6.04. The second-order valence-corrected chi connectivity index (χ2v) is 9.67. The number of aromatic nitrogens is 2. The zero-order valence-electron chi connectivity index (χ0n) is 21.0. The van der Waals surface area contributed by atoms with Gasteiger partial charge in [-0.25, -0.2) is 9.98 Å². The first-order chi connectivity index (χ1) is 15.4. The average Bonchev–Trinajstić information content (AvgIpc) is 3.46. The molecule has 1 saturated carbocycles. The summed E-state index contributed by atoms with van der Waals surface area (Å²) in [7, 11) is 0. The molecular weight excluding hydrogens is 416 g/mol. The number of hydrogen-bond acceptors (Lipinski definition) is 5. The quantitative estimate of drug-likeness (QED) is 0.483. The molecular formula is C26H38N4O3. The molecule has 1 aliphatic rings. The van der Waals surface area contributed by atoms with E-state index in [-0.39, 0.29) is 23.4 Å². The number of esters is 1. The van der Waals surface area contributed by atoms with Gasteiger partial charge >= 0.3 is 5.97 Å². The number of allylic oxidation sites excluding steroid dienone is 2. The fourth-order valence-electron chi connectivity index (χ4n) is 3.25. The highest BCUT2D eigenvalue weighted by Gasteiger charge is 2.24. The van der Waals surface area contributed by atoms with Crippen molar-refractivity contribution in [1.82, 2.24) is 9.38 Å². The van der Waals surface area contributed by atoms with Crippen LogP contribution in [0, 0.1) is 12.8 Å². The van der Waals surface area contributed by atoms with Crippen LogP contribution in [-0.2, 0) is 14.3 Å². The van der Waals surface area contributed by atoms with Crippen LogP contribution in [0.25, 0.3) is 5.65 Å². The molecule has 180 valence electrons. The molecule has 2 aromatic rings. The third-order valence-corrected chi connectivity index (χ3v) is 5.04. The summed E-state index contributed by atoms with van der Waals surface area (Å²) in [6.45, 7) is 12.9. The van der Waals surface area contributed by atoms with Crippen LogP contribution in [0.2, 0.25) is 0 Å². The Labute approximate surface area is 197 Å². The first kappa shape index (κ1) is 26.3. The number of carbonyl (C=O) groups is 2. The van der Waals surface area contributed by atoms with E-state index in [0.29, 0.717) is 5.92 Å². The van der Waals surface area contributed by atoms with Crippen LogP contribution in [0.5, 0.6) is 0 Å². The molecule has 7 nitrogen and oxygen atoms in total. The van der Waals surface area contributed by atoms with Crippen LogP contribution in [-0.4, -0.2) is 32.6 Å². The normalized spacial score (nSPS) is 15.6. The van der Waals surface area contributed by atoms with Crippen LogP contribution in [0.4, 0.5) is 0 Å². The Balaban J connectivity index is 0.000000414. The maximum Gasteiger partial charge on any atom is 0.303 e. The van der Waals surface area contributed by atoms with Gasteiger partial charge in [-0.05, 0) is 83.6 Å². The van der Waals surface area contributed by atoms with E-state index in [2.05, 4.69) is 16.9 Å². The van der Waals surface area contributed by atoms with Crippen molar-refractivity contribution >= 4 is 23.2 Å². The van der Waals surface area contributed by atoms with Crippen molar-refractivity contribution in [1.29, 1.82) is 0 Å². The van der Waals surface area contributed by atoms with Crippen molar-refractivity contribution in [2.75, 3.05) is 0 Å². The highest BCUT2D eigenvalue weighted by Crippen LogP contribution is 2.33. The number of carbonyl (C=O) groups excluding carboxylic acids is 2. The molecule has 1 unspecified atom stereocenters. The summed E-state index contributed by atoms with van der Waals surface area (Å²) in [5.41, 5.74) is 10.1. The summed E-state index contributed by atoms with van der Waals surface area (Å²) >= 11 is 0. The van der Waals surface area contributed by atoms with Crippen molar-refractivity contribution in [2.45, 2.75) is 85.7 Å². The fraction of sp³-hybridized carbons (Fsp3) is 0.538. The zero-order chi connectivity index (χ0) is 24.8. The molecule has 1 fully saturated rings. The Morgan fingerprint density at radius 2 is 2.03 bits per heavy atom. The van der Waals surface area contributed by atoms with E-state index in [0.717, 1.165) is 54.0 Å². The maximum absolute atomic E-state index is 12.6. The number of fused-ring (bicyclic) bond motifs is 1. The van der Waals surface area contributed by atoms with Crippen molar-refractivity contribution in [3.8, 4) is 0 Å². The monoisotopic (exact) mass is 454 g/mol. The van der Waals surface area contributed by atoms with Crippen LogP contribution >= 0.6 is 0 Å². The Kier molecular flexibility index (Phi) is 8.97. The number of ether oxygens (including phenoxy) is 1. The third kappa shape index (κ3) is 8.83. The molecule has 33 heavy (non-hydrogen) atoms. The van der Waals surface area contributed by atoms with Crippen molar-refractivity contribution in [3.63, 3.8) is 0 Å². The topological polar surface area (TPSA) is 99.0 Å². The number of rotatable bonds is 6. The van der Waals surface area contributed by atoms with Gasteiger partial charge in [0.1, 0.15) is 11.2 Å². The van der Waals surface area contributed by atoms with Gasteiger partial charge in [0.05, 0.1) is 11.6 Å². The van der Waals surface area contributed by atoms with Gasteiger partial charge in [-0.2, -0.15) is 0 Å². The van der Waals surface area contributed by atoms with Gasteiger partial charge < -0.3 is 14.9 Å². The number of imidazole rings is 1. The Morgan fingerprint density at radius 1 is 1.36 bits per heavy atom. The molecule has 0 radical (unpaired) electrons. The lowest BCUT2D eigenvalue weighted by atomic mass is 10.1. The van der Waals surface area contributed by atoms with Gasteiger partial charge in [0.25, 0.3) is 5.91 Å². The van der Waals surface area contributed by atoms with Crippen molar-refractivity contribution < 1.29 is 14.3 Å². The molecule has 0 saturated heterocycles.